The minimum Gasteiger partial charge on any atom is -0.478 e. The van der Waals surface area contributed by atoms with Crippen LogP contribution in [0.25, 0.3) is 6.08 Å². The van der Waals surface area contributed by atoms with Gasteiger partial charge in [-0.25, -0.2) is 4.79 Å². The molecule has 0 aromatic carbocycles. The van der Waals surface area contributed by atoms with E-state index in [-0.39, 0.29) is 5.91 Å². The van der Waals surface area contributed by atoms with Crippen LogP contribution in [0.1, 0.15) is 15.9 Å². The van der Waals surface area contributed by atoms with Crippen molar-refractivity contribution in [2.24, 2.45) is 0 Å². The molecule has 1 heterocycles. The first-order valence-electron chi connectivity index (χ1n) is 6.16. The van der Waals surface area contributed by atoms with Crippen LogP contribution in [0.3, 0.4) is 0 Å². The fourth-order valence-electron chi connectivity index (χ4n) is 1.51. The second-order valence-electron chi connectivity index (χ2n) is 4.71. The minimum absolute atomic E-state index is 0.134. The fraction of sp³-hybridized carbons (Fsp3) is 0.357. The number of pyridine rings is 1. The van der Waals surface area contributed by atoms with Gasteiger partial charge in [0.15, 0.2) is 0 Å². The molecule has 0 saturated carbocycles. The lowest BCUT2D eigenvalue weighted by Crippen LogP contribution is -2.33. The maximum absolute atomic E-state index is 12.2. The molecule has 6 nitrogen and oxygen atoms in total. The Hall–Kier alpha value is -2.21. The Kier molecular flexibility index (Phi) is 5.86. The number of carbonyl (C=O) groups excluding carboxylic acids is 1. The summed E-state index contributed by atoms with van der Waals surface area (Å²) < 4.78 is 0. The molecule has 1 aromatic heterocycles. The third kappa shape index (κ3) is 5.19. The van der Waals surface area contributed by atoms with Crippen LogP contribution in [0.15, 0.2) is 24.5 Å². The van der Waals surface area contributed by atoms with Crippen LogP contribution in [0.4, 0.5) is 0 Å². The summed E-state index contributed by atoms with van der Waals surface area (Å²) in [5.74, 6) is -1.17. The summed E-state index contributed by atoms with van der Waals surface area (Å²) in [5.41, 5.74) is 1.03. The van der Waals surface area contributed by atoms with Gasteiger partial charge in [0.2, 0.25) is 0 Å². The van der Waals surface area contributed by atoms with Crippen molar-refractivity contribution in [3.05, 3.63) is 35.7 Å². The molecular formula is C14H19N3O3. The molecule has 0 aliphatic heterocycles. The predicted molar refractivity (Wildman–Crippen MR) is 76.4 cm³/mol. The lowest BCUT2D eigenvalue weighted by Gasteiger charge is -2.19. The summed E-state index contributed by atoms with van der Waals surface area (Å²) in [6.45, 7) is 1.38. The van der Waals surface area contributed by atoms with Gasteiger partial charge in [-0.2, -0.15) is 0 Å². The van der Waals surface area contributed by atoms with E-state index in [1.54, 1.807) is 18.0 Å². The van der Waals surface area contributed by atoms with Crippen LogP contribution in [-0.2, 0) is 4.79 Å². The van der Waals surface area contributed by atoms with Gasteiger partial charge in [-0.1, -0.05) is 0 Å². The molecule has 1 N–H and O–H groups in total. The quantitative estimate of drug-likeness (QED) is 0.779. The first-order valence-corrected chi connectivity index (χ1v) is 6.16. The van der Waals surface area contributed by atoms with Crippen molar-refractivity contribution in [1.29, 1.82) is 0 Å². The van der Waals surface area contributed by atoms with Gasteiger partial charge in [-0.15, -0.1) is 0 Å². The Balaban J connectivity index is 2.78. The van der Waals surface area contributed by atoms with Crippen LogP contribution in [0, 0.1) is 0 Å². The number of aromatic nitrogens is 1. The molecule has 0 atom stereocenters. The molecule has 0 fully saturated rings. The summed E-state index contributed by atoms with van der Waals surface area (Å²) in [6, 6.07) is 1.63. The van der Waals surface area contributed by atoms with E-state index in [1.165, 1.54) is 18.5 Å². The Morgan fingerprint density at radius 3 is 2.55 bits per heavy atom. The van der Waals surface area contributed by atoms with Crippen molar-refractivity contribution in [3.63, 3.8) is 0 Å². The van der Waals surface area contributed by atoms with Crippen molar-refractivity contribution in [1.82, 2.24) is 14.8 Å². The van der Waals surface area contributed by atoms with Crippen molar-refractivity contribution < 1.29 is 14.7 Å². The maximum atomic E-state index is 12.2. The van der Waals surface area contributed by atoms with Crippen molar-refractivity contribution >= 4 is 18.0 Å². The molecule has 0 spiro atoms. The molecule has 0 aliphatic carbocycles. The second kappa shape index (κ2) is 7.40. The number of carboxylic acid groups (broad SMARTS) is 1. The second-order valence-corrected chi connectivity index (χ2v) is 4.71. The Labute approximate surface area is 118 Å². The van der Waals surface area contributed by atoms with Gasteiger partial charge in [-0.05, 0) is 31.8 Å². The van der Waals surface area contributed by atoms with Crippen molar-refractivity contribution in [3.8, 4) is 0 Å². The lowest BCUT2D eigenvalue weighted by atomic mass is 10.1. The van der Waals surface area contributed by atoms with E-state index >= 15 is 0 Å². The molecule has 0 unspecified atom stereocenters. The molecular weight excluding hydrogens is 258 g/mol. The van der Waals surface area contributed by atoms with Gasteiger partial charge >= 0.3 is 5.97 Å². The molecule has 0 bridgehead atoms. The largest absolute Gasteiger partial charge is 0.478 e. The standard InChI is InChI=1S/C14H19N3O3/c1-16(2)6-7-17(3)14(20)12-8-11(9-15-10-12)4-5-13(18)19/h4-5,8-10H,6-7H2,1-3H3,(H,18,19). The average Bonchev–Trinajstić information content (AvgIpc) is 2.42. The lowest BCUT2D eigenvalue weighted by molar-refractivity contribution is -0.131. The Bertz CT molecular complexity index is 512. The molecule has 1 aromatic rings. The van der Waals surface area contributed by atoms with Gasteiger partial charge in [0.05, 0.1) is 5.56 Å². The van der Waals surface area contributed by atoms with Crippen molar-refractivity contribution in [2.75, 3.05) is 34.2 Å². The van der Waals surface area contributed by atoms with E-state index in [1.807, 2.05) is 19.0 Å². The molecule has 0 aliphatic rings. The zero-order chi connectivity index (χ0) is 15.1. The number of rotatable bonds is 6. The highest BCUT2D eigenvalue weighted by atomic mass is 16.4. The van der Waals surface area contributed by atoms with Gasteiger partial charge in [0.25, 0.3) is 5.91 Å². The van der Waals surface area contributed by atoms with E-state index in [0.29, 0.717) is 17.7 Å². The van der Waals surface area contributed by atoms with Crippen LogP contribution >= 0.6 is 0 Å². The van der Waals surface area contributed by atoms with Gasteiger partial charge in [-0.3, -0.25) is 9.78 Å². The van der Waals surface area contributed by atoms with Crippen LogP contribution < -0.4 is 0 Å². The van der Waals surface area contributed by atoms with Crippen LogP contribution in [0.5, 0.6) is 0 Å². The van der Waals surface area contributed by atoms with Crippen molar-refractivity contribution in [2.45, 2.75) is 0 Å². The number of likely N-dealkylation sites (N-methyl/N-ethyl adjacent to an activating group) is 2. The Morgan fingerprint density at radius 2 is 1.95 bits per heavy atom. The van der Waals surface area contributed by atoms with E-state index in [9.17, 15) is 9.59 Å². The highest BCUT2D eigenvalue weighted by Gasteiger charge is 2.12. The number of amides is 1. The molecule has 1 rings (SSSR count). The van der Waals surface area contributed by atoms with E-state index in [4.69, 9.17) is 5.11 Å². The molecule has 0 radical (unpaired) electrons. The summed E-state index contributed by atoms with van der Waals surface area (Å²) in [5, 5.41) is 8.58. The zero-order valence-corrected chi connectivity index (χ0v) is 11.9. The summed E-state index contributed by atoms with van der Waals surface area (Å²) in [4.78, 5) is 30.2. The summed E-state index contributed by atoms with van der Waals surface area (Å²) >= 11 is 0. The number of carbonyl (C=O) groups is 2. The summed E-state index contributed by atoms with van der Waals surface area (Å²) in [6.07, 6.45) is 5.41. The first kappa shape index (κ1) is 15.8. The highest BCUT2D eigenvalue weighted by Crippen LogP contribution is 2.07. The number of carboxylic acids is 1. The van der Waals surface area contributed by atoms with Gasteiger partial charge < -0.3 is 14.9 Å². The zero-order valence-electron chi connectivity index (χ0n) is 11.9. The average molecular weight is 277 g/mol. The third-order valence-corrected chi connectivity index (χ3v) is 2.65. The topological polar surface area (TPSA) is 73.7 Å². The molecule has 1 amide bonds. The number of nitrogens with zero attached hydrogens (tertiary/aromatic N) is 3. The number of hydrogen-bond donors (Lipinski definition) is 1. The fourth-order valence-corrected chi connectivity index (χ4v) is 1.51. The highest BCUT2D eigenvalue weighted by molar-refractivity contribution is 5.94. The normalized spacial score (nSPS) is 11.0. The molecule has 0 saturated heterocycles. The van der Waals surface area contributed by atoms with E-state index < -0.39 is 5.97 Å². The monoisotopic (exact) mass is 277 g/mol. The SMILES string of the molecule is CN(C)CCN(C)C(=O)c1cncc(C=CC(=O)O)c1. The number of aliphatic carboxylic acids is 1. The smallest absolute Gasteiger partial charge is 0.328 e. The van der Waals surface area contributed by atoms with E-state index in [2.05, 4.69) is 4.98 Å². The van der Waals surface area contributed by atoms with E-state index in [0.717, 1.165) is 12.6 Å². The molecule has 6 heteroatoms. The minimum atomic E-state index is -1.04. The molecule has 108 valence electrons. The van der Waals surface area contributed by atoms with Gasteiger partial charge in [0, 0.05) is 38.6 Å². The first-order chi connectivity index (χ1) is 9.40. The predicted octanol–water partition coefficient (Wildman–Crippen LogP) is 0.813. The Morgan fingerprint density at radius 1 is 1.25 bits per heavy atom. The molecule has 20 heavy (non-hydrogen) atoms. The van der Waals surface area contributed by atoms with Crippen LogP contribution in [0.2, 0.25) is 0 Å². The van der Waals surface area contributed by atoms with Crippen LogP contribution in [-0.4, -0.2) is 66.0 Å². The maximum Gasteiger partial charge on any atom is 0.328 e. The number of hydrogen-bond acceptors (Lipinski definition) is 4. The van der Waals surface area contributed by atoms with Gasteiger partial charge in [0.1, 0.15) is 0 Å². The summed E-state index contributed by atoms with van der Waals surface area (Å²) in [7, 11) is 5.61. The third-order valence-electron chi connectivity index (χ3n) is 2.65.